The number of rotatable bonds is 5. The average Bonchev–Trinajstić information content (AvgIpc) is 2.64. The van der Waals surface area contributed by atoms with Gasteiger partial charge in [-0.1, -0.05) is 49.1 Å². The van der Waals surface area contributed by atoms with E-state index in [9.17, 15) is 13.2 Å². The molecule has 1 saturated heterocycles. The lowest BCUT2D eigenvalue weighted by Gasteiger charge is -2.33. The van der Waals surface area contributed by atoms with Gasteiger partial charge in [-0.25, -0.2) is 12.7 Å². The summed E-state index contributed by atoms with van der Waals surface area (Å²) < 4.78 is 27.1. The summed E-state index contributed by atoms with van der Waals surface area (Å²) in [5.41, 5.74) is 0.600. The SMILES string of the molecule is O=C(NC1CCCCC1)C1CCCN(S(=O)(=O)Cc2ccccc2Cl)C1. The van der Waals surface area contributed by atoms with Crippen LogP contribution in [0.25, 0.3) is 0 Å². The van der Waals surface area contributed by atoms with Gasteiger partial charge in [0.1, 0.15) is 0 Å². The van der Waals surface area contributed by atoms with Crippen LogP contribution in [0.4, 0.5) is 0 Å². The third-order valence-corrected chi connectivity index (χ3v) is 7.56. The quantitative estimate of drug-likeness (QED) is 0.827. The second kappa shape index (κ2) is 8.72. The summed E-state index contributed by atoms with van der Waals surface area (Å²) in [5, 5.41) is 3.60. The zero-order valence-electron chi connectivity index (χ0n) is 15.0. The van der Waals surface area contributed by atoms with Crippen molar-refractivity contribution in [3.8, 4) is 0 Å². The second-order valence-electron chi connectivity index (χ2n) is 7.39. The molecule has 1 atom stereocenters. The van der Waals surface area contributed by atoms with Gasteiger partial charge in [-0.3, -0.25) is 4.79 Å². The number of hydrogen-bond acceptors (Lipinski definition) is 3. The number of halogens is 1. The van der Waals surface area contributed by atoms with Gasteiger partial charge in [-0.05, 0) is 37.3 Å². The van der Waals surface area contributed by atoms with Crippen molar-refractivity contribution in [2.45, 2.75) is 56.7 Å². The van der Waals surface area contributed by atoms with E-state index in [1.807, 2.05) is 0 Å². The molecule has 3 rings (SSSR count). The van der Waals surface area contributed by atoms with Gasteiger partial charge in [0, 0.05) is 24.2 Å². The normalized spacial score (nSPS) is 22.9. The first-order valence-corrected chi connectivity index (χ1v) is 11.5. The molecular weight excluding hydrogens is 372 g/mol. The van der Waals surface area contributed by atoms with Gasteiger partial charge < -0.3 is 5.32 Å². The number of carbonyl (C=O) groups excluding carboxylic acids is 1. The fourth-order valence-corrected chi connectivity index (χ4v) is 5.80. The monoisotopic (exact) mass is 398 g/mol. The van der Waals surface area contributed by atoms with Crippen molar-refractivity contribution in [1.29, 1.82) is 0 Å². The minimum absolute atomic E-state index is 0.00884. The first-order valence-electron chi connectivity index (χ1n) is 9.47. The molecule has 7 heteroatoms. The van der Waals surface area contributed by atoms with Crippen molar-refractivity contribution in [3.05, 3.63) is 34.9 Å². The van der Waals surface area contributed by atoms with Crippen molar-refractivity contribution in [2.75, 3.05) is 13.1 Å². The Bertz CT molecular complexity index is 732. The van der Waals surface area contributed by atoms with Gasteiger partial charge in [0.05, 0.1) is 11.7 Å². The molecule has 1 aliphatic heterocycles. The molecule has 0 aromatic heterocycles. The fraction of sp³-hybridized carbons (Fsp3) is 0.632. The molecular formula is C19H27ClN2O3S. The van der Waals surface area contributed by atoms with E-state index in [0.29, 0.717) is 23.6 Å². The zero-order valence-corrected chi connectivity index (χ0v) is 16.6. The number of hydrogen-bond donors (Lipinski definition) is 1. The van der Waals surface area contributed by atoms with E-state index in [2.05, 4.69) is 5.32 Å². The minimum atomic E-state index is -3.49. The van der Waals surface area contributed by atoms with Crippen LogP contribution in [-0.2, 0) is 20.6 Å². The predicted molar refractivity (Wildman–Crippen MR) is 103 cm³/mol. The molecule has 0 spiro atoms. The molecule has 0 radical (unpaired) electrons. The van der Waals surface area contributed by atoms with E-state index in [1.165, 1.54) is 10.7 Å². The number of sulfonamides is 1. The van der Waals surface area contributed by atoms with Gasteiger partial charge >= 0.3 is 0 Å². The summed E-state index contributed by atoms with van der Waals surface area (Å²) in [4.78, 5) is 12.6. The Morgan fingerprint density at radius 3 is 2.58 bits per heavy atom. The molecule has 1 N–H and O–H groups in total. The Balaban J connectivity index is 1.61. The number of piperidine rings is 1. The molecule has 26 heavy (non-hydrogen) atoms. The lowest BCUT2D eigenvalue weighted by molar-refractivity contribution is -0.127. The van der Waals surface area contributed by atoms with Crippen molar-refractivity contribution in [3.63, 3.8) is 0 Å². The Hall–Kier alpha value is -1.11. The summed E-state index contributed by atoms with van der Waals surface area (Å²) in [7, 11) is -3.49. The fourth-order valence-electron chi connectivity index (χ4n) is 3.88. The predicted octanol–water partition coefficient (Wildman–Crippen LogP) is 3.33. The van der Waals surface area contributed by atoms with Gasteiger partial charge in [-0.2, -0.15) is 0 Å². The van der Waals surface area contributed by atoms with Crippen LogP contribution in [0.2, 0.25) is 5.02 Å². The molecule has 2 aliphatic rings. The smallest absolute Gasteiger partial charge is 0.224 e. The zero-order chi connectivity index (χ0) is 18.6. The molecule has 1 saturated carbocycles. The Morgan fingerprint density at radius 1 is 1.12 bits per heavy atom. The van der Waals surface area contributed by atoms with Gasteiger partial charge in [-0.15, -0.1) is 0 Å². The largest absolute Gasteiger partial charge is 0.353 e. The van der Waals surface area contributed by atoms with Crippen molar-refractivity contribution >= 4 is 27.5 Å². The van der Waals surface area contributed by atoms with Crippen LogP contribution < -0.4 is 5.32 Å². The Morgan fingerprint density at radius 2 is 1.85 bits per heavy atom. The second-order valence-corrected chi connectivity index (χ2v) is 9.76. The first kappa shape index (κ1) is 19.6. The lowest BCUT2D eigenvalue weighted by Crippen LogP contribution is -2.48. The van der Waals surface area contributed by atoms with Gasteiger partial charge in [0.2, 0.25) is 15.9 Å². The number of benzene rings is 1. The van der Waals surface area contributed by atoms with Crippen LogP contribution in [0.5, 0.6) is 0 Å². The lowest BCUT2D eigenvalue weighted by atomic mass is 9.93. The third kappa shape index (κ3) is 4.99. The molecule has 1 amide bonds. The highest BCUT2D eigenvalue weighted by Crippen LogP contribution is 2.25. The molecule has 1 aromatic rings. The summed E-state index contributed by atoms with van der Waals surface area (Å²) in [6.07, 6.45) is 7.09. The van der Waals surface area contributed by atoms with E-state index < -0.39 is 10.0 Å². The molecule has 1 aliphatic carbocycles. The Labute approximate surface area is 161 Å². The molecule has 144 valence electrons. The molecule has 2 fully saturated rings. The highest BCUT2D eigenvalue weighted by Gasteiger charge is 2.33. The van der Waals surface area contributed by atoms with Crippen molar-refractivity contribution in [2.24, 2.45) is 5.92 Å². The van der Waals surface area contributed by atoms with E-state index in [0.717, 1.165) is 32.1 Å². The molecule has 0 bridgehead atoms. The highest BCUT2D eigenvalue weighted by atomic mass is 35.5. The summed E-state index contributed by atoms with van der Waals surface area (Å²) >= 11 is 6.11. The van der Waals surface area contributed by atoms with Crippen LogP contribution in [0, 0.1) is 5.92 Å². The van der Waals surface area contributed by atoms with Crippen molar-refractivity contribution in [1.82, 2.24) is 9.62 Å². The molecule has 1 heterocycles. The van der Waals surface area contributed by atoms with Crippen LogP contribution in [0.1, 0.15) is 50.5 Å². The van der Waals surface area contributed by atoms with E-state index in [4.69, 9.17) is 11.6 Å². The molecule has 1 aromatic carbocycles. The van der Waals surface area contributed by atoms with E-state index in [-0.39, 0.29) is 30.2 Å². The summed E-state index contributed by atoms with van der Waals surface area (Å²) in [6, 6.07) is 7.25. The van der Waals surface area contributed by atoms with E-state index >= 15 is 0 Å². The van der Waals surface area contributed by atoms with Crippen LogP contribution in [0.15, 0.2) is 24.3 Å². The number of amides is 1. The highest BCUT2D eigenvalue weighted by molar-refractivity contribution is 7.88. The van der Waals surface area contributed by atoms with Gasteiger partial charge in [0.25, 0.3) is 0 Å². The maximum Gasteiger partial charge on any atom is 0.224 e. The van der Waals surface area contributed by atoms with Gasteiger partial charge in [0.15, 0.2) is 0 Å². The van der Waals surface area contributed by atoms with Crippen LogP contribution in [-0.4, -0.2) is 37.8 Å². The maximum atomic E-state index is 12.8. The number of nitrogens with one attached hydrogen (secondary N) is 1. The topological polar surface area (TPSA) is 66.5 Å². The van der Waals surface area contributed by atoms with Crippen molar-refractivity contribution < 1.29 is 13.2 Å². The average molecular weight is 399 g/mol. The minimum Gasteiger partial charge on any atom is -0.353 e. The Kier molecular flexibility index (Phi) is 6.59. The summed E-state index contributed by atoms with van der Waals surface area (Å²) in [6.45, 7) is 0.741. The van der Waals surface area contributed by atoms with Crippen LogP contribution in [0.3, 0.4) is 0 Å². The third-order valence-electron chi connectivity index (χ3n) is 5.40. The number of carbonyl (C=O) groups is 1. The standard InChI is InChI=1S/C19H27ClN2O3S/c20-18-11-5-4-7-16(18)14-26(24,25)22-12-6-8-15(13-22)19(23)21-17-9-2-1-3-10-17/h4-5,7,11,15,17H,1-3,6,8-10,12-14H2,(H,21,23). The first-order chi connectivity index (χ1) is 12.5. The molecule has 1 unspecified atom stereocenters. The summed E-state index contributed by atoms with van der Waals surface area (Å²) in [5.74, 6) is -0.370. The number of nitrogens with zero attached hydrogens (tertiary/aromatic N) is 1. The van der Waals surface area contributed by atoms with Crippen LogP contribution >= 0.6 is 11.6 Å². The molecule has 5 nitrogen and oxygen atoms in total. The van der Waals surface area contributed by atoms with E-state index in [1.54, 1.807) is 24.3 Å². The maximum absolute atomic E-state index is 12.8.